The lowest BCUT2D eigenvalue weighted by Crippen LogP contribution is -2.21. The Hall–Kier alpha value is -0.0800. The van der Waals surface area contributed by atoms with Gasteiger partial charge in [0.25, 0.3) is 0 Å². The van der Waals surface area contributed by atoms with Gasteiger partial charge in [-0.25, -0.2) is 0 Å². The Bertz CT molecular complexity index is 99.1. The van der Waals surface area contributed by atoms with Gasteiger partial charge < -0.3 is 10.8 Å². The molecule has 0 amide bonds. The van der Waals surface area contributed by atoms with Crippen LogP contribution in [0, 0.1) is 11.8 Å². The molecule has 2 heteroatoms. The van der Waals surface area contributed by atoms with Gasteiger partial charge in [-0.1, -0.05) is 0 Å². The molecular weight excluding hydrogens is 102 g/mol. The van der Waals surface area contributed by atoms with E-state index >= 15 is 0 Å². The Kier molecular flexibility index (Phi) is 0.746. The van der Waals surface area contributed by atoms with Crippen LogP contribution < -0.4 is 5.73 Å². The van der Waals surface area contributed by atoms with E-state index < -0.39 is 0 Å². The number of nitrogens with two attached hydrogens (primary N) is 1. The van der Waals surface area contributed by atoms with Gasteiger partial charge in [-0.2, -0.15) is 0 Å². The van der Waals surface area contributed by atoms with Gasteiger partial charge in [0.1, 0.15) is 0 Å². The highest BCUT2D eigenvalue weighted by Crippen LogP contribution is 2.50. The van der Waals surface area contributed by atoms with Crippen LogP contribution in [0.1, 0.15) is 12.8 Å². The maximum atomic E-state index is 9.13. The highest BCUT2D eigenvalue weighted by atomic mass is 16.3. The highest BCUT2D eigenvalue weighted by molar-refractivity contribution is 5.04. The summed E-state index contributed by atoms with van der Waals surface area (Å²) in [6, 6.07) is 0.315. The van der Waals surface area contributed by atoms with Crippen molar-refractivity contribution in [3.8, 4) is 0 Å². The molecule has 2 saturated carbocycles. The van der Waals surface area contributed by atoms with E-state index in [-0.39, 0.29) is 6.10 Å². The zero-order valence-electron chi connectivity index (χ0n) is 4.75. The summed E-state index contributed by atoms with van der Waals surface area (Å²) in [6.45, 7) is 0. The molecule has 0 saturated heterocycles. The van der Waals surface area contributed by atoms with Gasteiger partial charge >= 0.3 is 0 Å². The van der Waals surface area contributed by atoms with Crippen molar-refractivity contribution in [3.05, 3.63) is 0 Å². The van der Waals surface area contributed by atoms with E-state index in [1.54, 1.807) is 0 Å². The van der Waals surface area contributed by atoms with Crippen molar-refractivity contribution in [1.29, 1.82) is 0 Å². The number of hydrogen-bond donors (Lipinski definition) is 2. The Morgan fingerprint density at radius 2 is 2.00 bits per heavy atom. The molecule has 0 aromatic heterocycles. The van der Waals surface area contributed by atoms with Crippen molar-refractivity contribution in [2.24, 2.45) is 17.6 Å². The molecule has 2 rings (SSSR count). The van der Waals surface area contributed by atoms with E-state index in [9.17, 15) is 0 Å². The van der Waals surface area contributed by atoms with Crippen LogP contribution in [0.2, 0.25) is 0 Å². The molecule has 8 heavy (non-hydrogen) atoms. The lowest BCUT2D eigenvalue weighted by atomic mass is 10.2. The number of aliphatic hydroxyl groups excluding tert-OH is 1. The Balaban J connectivity index is 2.09. The second-order valence-electron chi connectivity index (χ2n) is 3.03. The molecule has 0 bridgehead atoms. The third-order valence-corrected chi connectivity index (χ3v) is 2.45. The molecule has 0 spiro atoms. The van der Waals surface area contributed by atoms with Gasteiger partial charge in [-0.3, -0.25) is 0 Å². The average Bonchev–Trinajstić information content (AvgIpc) is 2.35. The molecule has 2 fully saturated rings. The summed E-state index contributed by atoms with van der Waals surface area (Å²) < 4.78 is 0. The largest absolute Gasteiger partial charge is 0.393 e. The van der Waals surface area contributed by atoms with Crippen molar-refractivity contribution < 1.29 is 5.11 Å². The van der Waals surface area contributed by atoms with Crippen molar-refractivity contribution >= 4 is 0 Å². The smallest absolute Gasteiger partial charge is 0.0586 e. The van der Waals surface area contributed by atoms with Gasteiger partial charge in [0, 0.05) is 6.04 Å². The first-order chi connectivity index (χ1) is 3.79. The van der Waals surface area contributed by atoms with Crippen molar-refractivity contribution in [2.45, 2.75) is 25.0 Å². The first-order valence-electron chi connectivity index (χ1n) is 3.22. The van der Waals surface area contributed by atoms with Crippen LogP contribution in [0.5, 0.6) is 0 Å². The fourth-order valence-corrected chi connectivity index (χ4v) is 1.80. The van der Waals surface area contributed by atoms with Crippen LogP contribution >= 0.6 is 0 Å². The molecule has 0 heterocycles. The van der Waals surface area contributed by atoms with Crippen molar-refractivity contribution in [1.82, 2.24) is 0 Å². The monoisotopic (exact) mass is 113 g/mol. The highest BCUT2D eigenvalue weighted by Gasteiger charge is 2.52. The molecule has 4 unspecified atom stereocenters. The molecule has 2 aliphatic carbocycles. The van der Waals surface area contributed by atoms with Crippen LogP contribution in [0.4, 0.5) is 0 Å². The fourth-order valence-electron chi connectivity index (χ4n) is 1.80. The maximum Gasteiger partial charge on any atom is 0.0586 e. The quantitative estimate of drug-likeness (QED) is 0.453. The first kappa shape index (κ1) is 4.77. The van der Waals surface area contributed by atoms with E-state index in [0.717, 1.165) is 6.42 Å². The minimum absolute atomic E-state index is 0.0602. The Morgan fingerprint density at radius 1 is 1.25 bits per heavy atom. The Labute approximate surface area is 48.7 Å². The van der Waals surface area contributed by atoms with E-state index in [0.29, 0.717) is 17.9 Å². The summed E-state index contributed by atoms with van der Waals surface area (Å²) in [5.74, 6) is 1.27. The number of fused-ring (bicyclic) bond motifs is 1. The Morgan fingerprint density at radius 3 is 2.12 bits per heavy atom. The van der Waals surface area contributed by atoms with E-state index in [1.807, 2.05) is 0 Å². The molecule has 46 valence electrons. The van der Waals surface area contributed by atoms with Crippen molar-refractivity contribution in [3.63, 3.8) is 0 Å². The molecular formula is C6H11NO. The summed E-state index contributed by atoms with van der Waals surface area (Å²) in [5.41, 5.74) is 5.65. The average molecular weight is 113 g/mol. The fraction of sp³-hybridized carbons (Fsp3) is 1.00. The lowest BCUT2D eigenvalue weighted by molar-refractivity contribution is 0.157. The van der Waals surface area contributed by atoms with E-state index in [1.165, 1.54) is 6.42 Å². The van der Waals surface area contributed by atoms with Gasteiger partial charge in [-0.05, 0) is 24.7 Å². The molecule has 2 nitrogen and oxygen atoms in total. The normalized spacial score (nSPS) is 60.8. The van der Waals surface area contributed by atoms with Gasteiger partial charge in [0.2, 0.25) is 0 Å². The summed E-state index contributed by atoms with van der Waals surface area (Å²) in [5, 5.41) is 9.13. The minimum atomic E-state index is -0.0602. The molecule has 4 atom stereocenters. The molecule has 3 N–H and O–H groups in total. The third-order valence-electron chi connectivity index (χ3n) is 2.45. The molecule has 0 aliphatic heterocycles. The second kappa shape index (κ2) is 1.25. The minimum Gasteiger partial charge on any atom is -0.393 e. The lowest BCUT2D eigenvalue weighted by Gasteiger charge is -2.04. The third kappa shape index (κ3) is 0.446. The predicted octanol–water partition coefficient (Wildman–Crippen LogP) is -0.286. The number of hydrogen-bond acceptors (Lipinski definition) is 2. The van der Waals surface area contributed by atoms with Crippen molar-refractivity contribution in [2.75, 3.05) is 0 Å². The van der Waals surface area contributed by atoms with Crippen LogP contribution in [0.3, 0.4) is 0 Å². The molecule has 0 aromatic carbocycles. The zero-order chi connectivity index (χ0) is 5.72. The number of aliphatic hydroxyl groups is 1. The van der Waals surface area contributed by atoms with Gasteiger partial charge in [0.05, 0.1) is 6.10 Å². The van der Waals surface area contributed by atoms with E-state index in [2.05, 4.69) is 0 Å². The van der Waals surface area contributed by atoms with Gasteiger partial charge in [0.15, 0.2) is 0 Å². The topological polar surface area (TPSA) is 46.2 Å². The van der Waals surface area contributed by atoms with Gasteiger partial charge in [-0.15, -0.1) is 0 Å². The number of rotatable bonds is 0. The standard InChI is InChI=1S/C6H11NO/c7-5-2-6(8)4-1-3(4)5/h3-6,8H,1-2,7H2. The van der Waals surface area contributed by atoms with E-state index in [4.69, 9.17) is 10.8 Å². The molecule has 0 aromatic rings. The van der Waals surface area contributed by atoms with Crippen LogP contribution in [-0.2, 0) is 0 Å². The summed E-state index contributed by atoms with van der Waals surface area (Å²) >= 11 is 0. The summed E-state index contributed by atoms with van der Waals surface area (Å²) in [6.07, 6.45) is 1.97. The first-order valence-corrected chi connectivity index (χ1v) is 3.22. The zero-order valence-corrected chi connectivity index (χ0v) is 4.75. The summed E-state index contributed by atoms with van der Waals surface area (Å²) in [4.78, 5) is 0. The molecule has 0 radical (unpaired) electrons. The summed E-state index contributed by atoms with van der Waals surface area (Å²) in [7, 11) is 0. The van der Waals surface area contributed by atoms with Crippen LogP contribution in [0.25, 0.3) is 0 Å². The van der Waals surface area contributed by atoms with Crippen LogP contribution in [-0.4, -0.2) is 17.3 Å². The molecule has 2 aliphatic rings. The van der Waals surface area contributed by atoms with Crippen LogP contribution in [0.15, 0.2) is 0 Å². The SMILES string of the molecule is NC1CC(O)C2CC12. The maximum absolute atomic E-state index is 9.13. The predicted molar refractivity (Wildman–Crippen MR) is 30.2 cm³/mol. The second-order valence-corrected chi connectivity index (χ2v) is 3.03.